The maximum atomic E-state index is 11.0. The molecule has 120 valence electrons. The molecule has 3 rings (SSSR count). The normalized spacial score (nSPS) is 14.0. The van der Waals surface area contributed by atoms with Gasteiger partial charge in [0.2, 0.25) is 11.9 Å². The number of amides is 1. The summed E-state index contributed by atoms with van der Waals surface area (Å²) in [6.07, 6.45) is 3.85. The molecule has 2 aromatic heterocycles. The first-order valence-corrected chi connectivity index (χ1v) is 7.71. The molecule has 0 aliphatic carbocycles. The molecular formula is C16H20N6O. The van der Waals surface area contributed by atoms with Gasteiger partial charge in [-0.25, -0.2) is 15.0 Å². The number of pyridine rings is 1. The van der Waals surface area contributed by atoms with Crippen molar-refractivity contribution in [2.24, 2.45) is 5.73 Å². The van der Waals surface area contributed by atoms with Crippen LogP contribution in [0.1, 0.15) is 34.6 Å². The number of hydrogen-bond acceptors (Lipinski definition) is 6. The van der Waals surface area contributed by atoms with E-state index in [1.54, 1.807) is 12.1 Å². The molecule has 0 spiro atoms. The highest BCUT2D eigenvalue weighted by molar-refractivity contribution is 5.92. The van der Waals surface area contributed by atoms with Crippen molar-refractivity contribution in [2.45, 2.75) is 26.3 Å². The molecule has 0 unspecified atom stereocenters. The molecule has 0 atom stereocenters. The van der Waals surface area contributed by atoms with E-state index < -0.39 is 5.91 Å². The zero-order valence-electron chi connectivity index (χ0n) is 13.1. The maximum Gasteiger partial charge on any atom is 0.250 e. The smallest absolute Gasteiger partial charge is 0.250 e. The number of carbonyl (C=O) groups is 1. The van der Waals surface area contributed by atoms with Gasteiger partial charge >= 0.3 is 0 Å². The summed E-state index contributed by atoms with van der Waals surface area (Å²) in [6, 6.07) is 5.35. The van der Waals surface area contributed by atoms with E-state index in [0.29, 0.717) is 17.9 Å². The Morgan fingerprint density at radius 1 is 1.30 bits per heavy atom. The molecule has 1 saturated heterocycles. The van der Waals surface area contributed by atoms with Crippen LogP contribution in [0.3, 0.4) is 0 Å². The number of carbonyl (C=O) groups excluding carboxylic acids is 1. The largest absolute Gasteiger partial charge is 0.366 e. The summed E-state index contributed by atoms with van der Waals surface area (Å²) in [4.78, 5) is 26.6. The fourth-order valence-electron chi connectivity index (χ4n) is 2.59. The summed E-state index contributed by atoms with van der Waals surface area (Å²) >= 11 is 0. The lowest BCUT2D eigenvalue weighted by molar-refractivity contribution is 0.1000. The van der Waals surface area contributed by atoms with E-state index in [-0.39, 0.29) is 0 Å². The summed E-state index contributed by atoms with van der Waals surface area (Å²) in [5.74, 6) is 0.996. The van der Waals surface area contributed by atoms with Crippen molar-refractivity contribution in [3.05, 3.63) is 41.3 Å². The molecule has 2 aromatic rings. The third-order valence-electron chi connectivity index (χ3n) is 3.78. The summed E-state index contributed by atoms with van der Waals surface area (Å²) in [7, 11) is 0. The number of anilines is 2. The Kier molecular flexibility index (Phi) is 4.36. The Morgan fingerprint density at radius 2 is 2.09 bits per heavy atom. The number of primary amides is 1. The second-order valence-electron chi connectivity index (χ2n) is 5.64. The number of nitrogens with one attached hydrogen (secondary N) is 1. The molecule has 1 aliphatic heterocycles. The SMILES string of the molecule is Cc1cc(CNc2ccc(C(N)=O)cn2)nc(N2CCCC2)n1. The summed E-state index contributed by atoms with van der Waals surface area (Å²) < 4.78 is 0. The standard InChI is InChI=1S/C16H20N6O/c1-11-8-13(21-16(20-11)22-6-2-3-7-22)10-19-14-5-4-12(9-18-14)15(17)23/h4-5,8-9H,2-3,6-7,10H2,1H3,(H2,17,23)(H,18,19). The Bertz CT molecular complexity index is 694. The van der Waals surface area contributed by atoms with Gasteiger partial charge < -0.3 is 16.0 Å². The fourth-order valence-corrected chi connectivity index (χ4v) is 2.59. The Balaban J connectivity index is 1.68. The van der Waals surface area contributed by atoms with Crippen molar-refractivity contribution < 1.29 is 4.79 Å². The quantitative estimate of drug-likeness (QED) is 0.868. The topological polar surface area (TPSA) is 97.0 Å². The van der Waals surface area contributed by atoms with E-state index in [9.17, 15) is 4.79 Å². The molecule has 0 radical (unpaired) electrons. The van der Waals surface area contributed by atoms with Gasteiger partial charge in [0.25, 0.3) is 0 Å². The van der Waals surface area contributed by atoms with Crippen LogP contribution in [0.4, 0.5) is 11.8 Å². The Labute approximate surface area is 135 Å². The van der Waals surface area contributed by atoms with E-state index in [0.717, 1.165) is 30.4 Å². The van der Waals surface area contributed by atoms with Gasteiger partial charge in [0.1, 0.15) is 5.82 Å². The zero-order valence-corrected chi connectivity index (χ0v) is 13.1. The van der Waals surface area contributed by atoms with E-state index in [1.807, 2.05) is 13.0 Å². The van der Waals surface area contributed by atoms with Crippen LogP contribution in [0.25, 0.3) is 0 Å². The predicted molar refractivity (Wildman–Crippen MR) is 88.3 cm³/mol. The van der Waals surface area contributed by atoms with Crippen molar-refractivity contribution in [2.75, 3.05) is 23.3 Å². The minimum Gasteiger partial charge on any atom is -0.366 e. The molecule has 0 aromatic carbocycles. The monoisotopic (exact) mass is 312 g/mol. The van der Waals surface area contributed by atoms with Crippen LogP contribution in [0, 0.1) is 6.92 Å². The number of hydrogen-bond donors (Lipinski definition) is 2. The van der Waals surface area contributed by atoms with Crippen molar-refractivity contribution in [3.8, 4) is 0 Å². The van der Waals surface area contributed by atoms with Crippen molar-refractivity contribution in [1.82, 2.24) is 15.0 Å². The highest BCUT2D eigenvalue weighted by Gasteiger charge is 2.15. The maximum absolute atomic E-state index is 11.0. The summed E-state index contributed by atoms with van der Waals surface area (Å²) in [5.41, 5.74) is 7.47. The molecule has 3 N–H and O–H groups in total. The number of nitrogens with zero attached hydrogens (tertiary/aromatic N) is 4. The van der Waals surface area contributed by atoms with E-state index in [2.05, 4.69) is 25.2 Å². The lowest BCUT2D eigenvalue weighted by atomic mass is 10.2. The molecular weight excluding hydrogens is 292 g/mol. The second kappa shape index (κ2) is 6.60. The van der Waals surface area contributed by atoms with Crippen LogP contribution in [-0.4, -0.2) is 33.9 Å². The summed E-state index contributed by atoms with van der Waals surface area (Å²) in [5, 5.41) is 3.20. The molecule has 23 heavy (non-hydrogen) atoms. The van der Waals surface area contributed by atoms with Gasteiger partial charge in [-0.15, -0.1) is 0 Å². The van der Waals surface area contributed by atoms with Crippen molar-refractivity contribution in [3.63, 3.8) is 0 Å². The van der Waals surface area contributed by atoms with Crippen LogP contribution in [0.2, 0.25) is 0 Å². The lowest BCUT2D eigenvalue weighted by Crippen LogP contribution is -2.21. The minimum absolute atomic E-state index is 0.393. The fraction of sp³-hybridized carbons (Fsp3) is 0.375. The molecule has 7 nitrogen and oxygen atoms in total. The molecule has 1 aliphatic rings. The number of aryl methyl sites for hydroxylation is 1. The first kappa shape index (κ1) is 15.2. The second-order valence-corrected chi connectivity index (χ2v) is 5.64. The third kappa shape index (κ3) is 3.74. The Hall–Kier alpha value is -2.70. The molecule has 7 heteroatoms. The van der Waals surface area contributed by atoms with Gasteiger partial charge in [-0.2, -0.15) is 0 Å². The Morgan fingerprint density at radius 3 is 2.74 bits per heavy atom. The number of aromatic nitrogens is 3. The average Bonchev–Trinajstić information content (AvgIpc) is 3.07. The predicted octanol–water partition coefficient (Wildman–Crippen LogP) is 1.49. The van der Waals surface area contributed by atoms with Crippen LogP contribution >= 0.6 is 0 Å². The lowest BCUT2D eigenvalue weighted by Gasteiger charge is -2.16. The van der Waals surface area contributed by atoms with Crippen LogP contribution in [0.5, 0.6) is 0 Å². The number of rotatable bonds is 5. The van der Waals surface area contributed by atoms with E-state index in [4.69, 9.17) is 5.73 Å². The van der Waals surface area contributed by atoms with E-state index in [1.165, 1.54) is 19.0 Å². The summed E-state index contributed by atoms with van der Waals surface area (Å²) in [6.45, 7) is 4.57. The zero-order chi connectivity index (χ0) is 16.2. The van der Waals surface area contributed by atoms with Gasteiger partial charge in [0.15, 0.2) is 0 Å². The molecule has 0 bridgehead atoms. The highest BCUT2D eigenvalue weighted by atomic mass is 16.1. The molecule has 3 heterocycles. The molecule has 1 amide bonds. The first-order chi connectivity index (χ1) is 11.1. The molecule has 1 fully saturated rings. The van der Waals surface area contributed by atoms with Crippen molar-refractivity contribution >= 4 is 17.7 Å². The minimum atomic E-state index is -0.481. The van der Waals surface area contributed by atoms with Gasteiger partial charge in [-0.3, -0.25) is 4.79 Å². The average molecular weight is 312 g/mol. The van der Waals surface area contributed by atoms with Gasteiger partial charge in [0, 0.05) is 25.0 Å². The molecule has 0 saturated carbocycles. The van der Waals surface area contributed by atoms with Crippen LogP contribution in [0.15, 0.2) is 24.4 Å². The van der Waals surface area contributed by atoms with Crippen LogP contribution < -0.4 is 16.0 Å². The van der Waals surface area contributed by atoms with Gasteiger partial charge in [-0.05, 0) is 38.0 Å². The van der Waals surface area contributed by atoms with Gasteiger partial charge in [-0.1, -0.05) is 0 Å². The van der Waals surface area contributed by atoms with E-state index >= 15 is 0 Å². The highest BCUT2D eigenvalue weighted by Crippen LogP contribution is 2.17. The van der Waals surface area contributed by atoms with Gasteiger partial charge in [0.05, 0.1) is 17.8 Å². The van der Waals surface area contributed by atoms with Crippen LogP contribution in [-0.2, 0) is 6.54 Å². The van der Waals surface area contributed by atoms with Crippen molar-refractivity contribution in [1.29, 1.82) is 0 Å². The first-order valence-electron chi connectivity index (χ1n) is 7.71. The number of nitrogens with two attached hydrogens (primary N) is 1. The third-order valence-corrected chi connectivity index (χ3v) is 3.78.